The SMILES string of the molecule is CNCCCC(=O)Nc1cccnc1C.Cl.Cl. The van der Waals surface area contributed by atoms with Crippen molar-refractivity contribution in [2.75, 3.05) is 18.9 Å². The summed E-state index contributed by atoms with van der Waals surface area (Å²) in [6, 6.07) is 3.68. The third kappa shape index (κ3) is 7.15. The molecule has 0 spiro atoms. The molecule has 1 aromatic rings. The van der Waals surface area contributed by atoms with Crippen molar-refractivity contribution in [1.29, 1.82) is 0 Å². The number of hydrogen-bond donors (Lipinski definition) is 2. The Hall–Kier alpha value is -0.840. The molecule has 1 amide bonds. The molecule has 1 rings (SSSR count). The Balaban J connectivity index is 0. The molecular weight excluding hydrogens is 261 g/mol. The Morgan fingerprint density at radius 1 is 1.41 bits per heavy atom. The largest absolute Gasteiger partial charge is 0.325 e. The van der Waals surface area contributed by atoms with Crippen molar-refractivity contribution in [3.8, 4) is 0 Å². The average molecular weight is 280 g/mol. The van der Waals surface area contributed by atoms with Gasteiger partial charge >= 0.3 is 0 Å². The van der Waals surface area contributed by atoms with E-state index in [0.29, 0.717) is 6.42 Å². The highest BCUT2D eigenvalue weighted by atomic mass is 35.5. The fourth-order valence-electron chi connectivity index (χ4n) is 1.25. The molecule has 0 aliphatic heterocycles. The van der Waals surface area contributed by atoms with Crippen LogP contribution < -0.4 is 10.6 Å². The molecular formula is C11H19Cl2N3O. The first kappa shape index (κ1) is 18.5. The minimum Gasteiger partial charge on any atom is -0.325 e. The van der Waals surface area contributed by atoms with Crippen molar-refractivity contribution in [2.24, 2.45) is 0 Å². The third-order valence-electron chi connectivity index (χ3n) is 2.11. The molecule has 0 aromatic carbocycles. The van der Waals surface area contributed by atoms with Gasteiger partial charge in [-0.3, -0.25) is 9.78 Å². The predicted octanol–water partition coefficient (Wildman–Crippen LogP) is 2.17. The summed E-state index contributed by atoms with van der Waals surface area (Å²) >= 11 is 0. The molecule has 17 heavy (non-hydrogen) atoms. The molecule has 2 N–H and O–H groups in total. The van der Waals surface area contributed by atoms with E-state index in [0.717, 1.165) is 24.3 Å². The monoisotopic (exact) mass is 279 g/mol. The zero-order chi connectivity index (χ0) is 11.1. The van der Waals surface area contributed by atoms with Gasteiger partial charge in [0.05, 0.1) is 11.4 Å². The zero-order valence-corrected chi connectivity index (χ0v) is 11.7. The van der Waals surface area contributed by atoms with E-state index in [2.05, 4.69) is 15.6 Å². The first-order valence-corrected chi connectivity index (χ1v) is 5.10. The molecule has 0 unspecified atom stereocenters. The van der Waals surface area contributed by atoms with Crippen LogP contribution in [-0.2, 0) is 4.79 Å². The van der Waals surface area contributed by atoms with Crippen molar-refractivity contribution in [3.63, 3.8) is 0 Å². The lowest BCUT2D eigenvalue weighted by Crippen LogP contribution is -2.15. The van der Waals surface area contributed by atoms with Gasteiger partial charge in [0.15, 0.2) is 0 Å². The number of nitrogens with zero attached hydrogens (tertiary/aromatic N) is 1. The highest BCUT2D eigenvalue weighted by Gasteiger charge is 2.03. The van der Waals surface area contributed by atoms with Crippen molar-refractivity contribution < 1.29 is 4.79 Å². The number of nitrogens with one attached hydrogen (secondary N) is 2. The fourth-order valence-corrected chi connectivity index (χ4v) is 1.25. The van der Waals surface area contributed by atoms with Gasteiger partial charge in [0.1, 0.15) is 0 Å². The molecule has 0 radical (unpaired) electrons. The van der Waals surface area contributed by atoms with Crippen LogP contribution in [0.5, 0.6) is 0 Å². The van der Waals surface area contributed by atoms with E-state index in [1.807, 2.05) is 26.1 Å². The smallest absolute Gasteiger partial charge is 0.224 e. The Labute approximate surface area is 114 Å². The van der Waals surface area contributed by atoms with Crippen LogP contribution in [0, 0.1) is 6.92 Å². The summed E-state index contributed by atoms with van der Waals surface area (Å²) in [7, 11) is 1.88. The van der Waals surface area contributed by atoms with Gasteiger partial charge in [0, 0.05) is 12.6 Å². The molecule has 0 aliphatic rings. The summed E-state index contributed by atoms with van der Waals surface area (Å²) in [6.07, 6.45) is 3.10. The van der Waals surface area contributed by atoms with E-state index < -0.39 is 0 Å². The molecule has 0 atom stereocenters. The predicted molar refractivity (Wildman–Crippen MR) is 75.3 cm³/mol. The number of rotatable bonds is 5. The molecule has 6 heteroatoms. The Morgan fingerprint density at radius 3 is 2.71 bits per heavy atom. The lowest BCUT2D eigenvalue weighted by Gasteiger charge is -2.06. The van der Waals surface area contributed by atoms with Crippen LogP contribution in [0.2, 0.25) is 0 Å². The average Bonchev–Trinajstić information content (AvgIpc) is 2.22. The number of aryl methyl sites for hydroxylation is 1. The Bertz CT molecular complexity index is 334. The van der Waals surface area contributed by atoms with E-state index in [1.165, 1.54) is 0 Å². The topological polar surface area (TPSA) is 54.0 Å². The van der Waals surface area contributed by atoms with Gasteiger partial charge in [0.2, 0.25) is 5.91 Å². The lowest BCUT2D eigenvalue weighted by molar-refractivity contribution is -0.116. The van der Waals surface area contributed by atoms with Gasteiger partial charge in [-0.2, -0.15) is 0 Å². The molecule has 1 heterocycles. The summed E-state index contributed by atoms with van der Waals surface area (Å²) in [5, 5.41) is 5.85. The van der Waals surface area contributed by atoms with Gasteiger partial charge < -0.3 is 10.6 Å². The zero-order valence-electron chi connectivity index (χ0n) is 10.0. The second-order valence-electron chi connectivity index (χ2n) is 3.39. The van der Waals surface area contributed by atoms with Gasteiger partial charge in [-0.1, -0.05) is 0 Å². The highest BCUT2D eigenvalue weighted by Crippen LogP contribution is 2.10. The maximum absolute atomic E-state index is 11.5. The molecule has 0 aliphatic carbocycles. The van der Waals surface area contributed by atoms with Crippen molar-refractivity contribution in [1.82, 2.24) is 10.3 Å². The molecule has 4 nitrogen and oxygen atoms in total. The Kier molecular flexibility index (Phi) is 11.2. The van der Waals surface area contributed by atoms with E-state index in [1.54, 1.807) is 6.20 Å². The molecule has 0 fully saturated rings. The summed E-state index contributed by atoms with van der Waals surface area (Å²) in [4.78, 5) is 15.6. The molecule has 1 aromatic heterocycles. The van der Waals surface area contributed by atoms with Crippen LogP contribution in [0.15, 0.2) is 18.3 Å². The van der Waals surface area contributed by atoms with Crippen molar-refractivity contribution in [2.45, 2.75) is 19.8 Å². The highest BCUT2D eigenvalue weighted by molar-refractivity contribution is 5.91. The van der Waals surface area contributed by atoms with Gasteiger partial charge in [0.25, 0.3) is 0 Å². The first-order valence-electron chi connectivity index (χ1n) is 5.10. The minimum absolute atomic E-state index is 0. The number of carbonyl (C=O) groups is 1. The molecule has 0 saturated heterocycles. The lowest BCUT2D eigenvalue weighted by atomic mass is 10.2. The van der Waals surface area contributed by atoms with Crippen molar-refractivity contribution >= 4 is 36.4 Å². The first-order chi connectivity index (χ1) is 7.24. The van der Waals surface area contributed by atoms with Crippen LogP contribution >= 0.6 is 24.8 Å². The maximum Gasteiger partial charge on any atom is 0.224 e. The minimum atomic E-state index is 0. The van der Waals surface area contributed by atoms with E-state index >= 15 is 0 Å². The van der Waals surface area contributed by atoms with Gasteiger partial charge in [-0.05, 0) is 39.1 Å². The van der Waals surface area contributed by atoms with Crippen LogP contribution in [0.3, 0.4) is 0 Å². The van der Waals surface area contributed by atoms with Crippen molar-refractivity contribution in [3.05, 3.63) is 24.0 Å². The number of anilines is 1. The third-order valence-corrected chi connectivity index (χ3v) is 2.11. The van der Waals surface area contributed by atoms with E-state index in [4.69, 9.17) is 0 Å². The Morgan fingerprint density at radius 2 is 2.12 bits per heavy atom. The summed E-state index contributed by atoms with van der Waals surface area (Å²) in [5.41, 5.74) is 1.64. The summed E-state index contributed by atoms with van der Waals surface area (Å²) < 4.78 is 0. The van der Waals surface area contributed by atoms with Crippen LogP contribution in [-0.4, -0.2) is 24.5 Å². The van der Waals surface area contributed by atoms with Gasteiger partial charge in [-0.25, -0.2) is 0 Å². The number of carbonyl (C=O) groups excluding carboxylic acids is 1. The second kappa shape index (κ2) is 10.3. The van der Waals surface area contributed by atoms with Crippen LogP contribution in [0.25, 0.3) is 0 Å². The van der Waals surface area contributed by atoms with Gasteiger partial charge in [-0.15, -0.1) is 24.8 Å². The summed E-state index contributed by atoms with van der Waals surface area (Å²) in [5.74, 6) is 0.0429. The number of pyridine rings is 1. The van der Waals surface area contributed by atoms with Crippen LogP contribution in [0.1, 0.15) is 18.5 Å². The maximum atomic E-state index is 11.5. The van der Waals surface area contributed by atoms with E-state index in [-0.39, 0.29) is 30.7 Å². The van der Waals surface area contributed by atoms with Crippen LogP contribution in [0.4, 0.5) is 5.69 Å². The summed E-state index contributed by atoms with van der Waals surface area (Å²) in [6.45, 7) is 2.74. The molecule has 0 bridgehead atoms. The second-order valence-corrected chi connectivity index (χ2v) is 3.39. The standard InChI is InChI=1S/C11H17N3O.2ClH/c1-9-10(5-3-8-13-9)14-11(15)6-4-7-12-2;;/h3,5,8,12H,4,6-7H2,1-2H3,(H,14,15);2*1H. The fraction of sp³-hybridized carbons (Fsp3) is 0.455. The molecule has 98 valence electrons. The number of amides is 1. The number of hydrogen-bond acceptors (Lipinski definition) is 3. The number of aromatic nitrogens is 1. The molecule has 0 saturated carbocycles. The quantitative estimate of drug-likeness (QED) is 0.813. The normalized spacial score (nSPS) is 8.82. The number of halogens is 2. The van der Waals surface area contributed by atoms with E-state index in [9.17, 15) is 4.79 Å².